The molecule has 7 heteroatoms. The Morgan fingerprint density at radius 1 is 1.26 bits per heavy atom. The molecule has 1 aromatic carbocycles. The third-order valence-corrected chi connectivity index (χ3v) is 4.49. The second-order valence-electron chi connectivity index (χ2n) is 6.84. The molecular formula is C20H19N3O4. The SMILES string of the molecule is CC(C)C1Oc2ccc(N)nc2N(CC(=O)c2cc3ccccc3o2)C1=O. The number of fused-ring (bicyclic) bond motifs is 2. The third-order valence-electron chi connectivity index (χ3n) is 4.49. The number of nitrogens with two attached hydrogens (primary N) is 1. The van der Waals surface area contributed by atoms with Gasteiger partial charge in [0.2, 0.25) is 5.78 Å². The van der Waals surface area contributed by atoms with E-state index in [-0.39, 0.29) is 41.5 Å². The van der Waals surface area contributed by atoms with E-state index in [2.05, 4.69) is 4.98 Å². The van der Waals surface area contributed by atoms with Crippen molar-refractivity contribution in [3.05, 3.63) is 48.2 Å². The molecule has 0 saturated carbocycles. The number of nitrogen functional groups attached to an aromatic ring is 1. The lowest BCUT2D eigenvalue weighted by atomic mass is 10.0. The van der Waals surface area contributed by atoms with Gasteiger partial charge in [-0.15, -0.1) is 0 Å². The number of hydrogen-bond acceptors (Lipinski definition) is 6. The van der Waals surface area contributed by atoms with E-state index in [0.29, 0.717) is 11.3 Å². The molecule has 1 unspecified atom stereocenters. The van der Waals surface area contributed by atoms with Crippen molar-refractivity contribution in [2.45, 2.75) is 20.0 Å². The summed E-state index contributed by atoms with van der Waals surface area (Å²) < 4.78 is 11.4. The van der Waals surface area contributed by atoms with Crippen molar-refractivity contribution in [3.63, 3.8) is 0 Å². The first-order valence-corrected chi connectivity index (χ1v) is 8.70. The Bertz CT molecular complexity index is 1010. The predicted octanol–water partition coefficient (Wildman–Crippen LogP) is 3.04. The highest BCUT2D eigenvalue weighted by molar-refractivity contribution is 6.08. The number of benzene rings is 1. The van der Waals surface area contributed by atoms with Gasteiger partial charge in [-0.25, -0.2) is 4.98 Å². The van der Waals surface area contributed by atoms with Crippen LogP contribution in [0.4, 0.5) is 11.6 Å². The minimum Gasteiger partial charge on any atom is -0.476 e. The van der Waals surface area contributed by atoms with Crippen LogP contribution < -0.4 is 15.4 Å². The number of pyridine rings is 1. The fourth-order valence-electron chi connectivity index (χ4n) is 3.10. The number of rotatable bonds is 4. The van der Waals surface area contributed by atoms with Crippen LogP contribution in [0.25, 0.3) is 11.0 Å². The van der Waals surface area contributed by atoms with Gasteiger partial charge in [-0.3, -0.25) is 14.5 Å². The fourth-order valence-corrected chi connectivity index (χ4v) is 3.10. The lowest BCUT2D eigenvalue weighted by Gasteiger charge is -2.34. The van der Waals surface area contributed by atoms with Crippen LogP contribution in [0, 0.1) is 5.92 Å². The van der Waals surface area contributed by atoms with Crippen molar-refractivity contribution in [1.29, 1.82) is 0 Å². The summed E-state index contributed by atoms with van der Waals surface area (Å²) in [6.07, 6.45) is -0.689. The highest BCUT2D eigenvalue weighted by atomic mass is 16.5. The van der Waals surface area contributed by atoms with E-state index >= 15 is 0 Å². The molecular weight excluding hydrogens is 346 g/mol. The Hall–Kier alpha value is -3.35. The number of anilines is 2. The van der Waals surface area contributed by atoms with Crippen LogP contribution in [-0.2, 0) is 4.79 Å². The maximum atomic E-state index is 12.9. The van der Waals surface area contributed by atoms with Crippen molar-refractivity contribution in [2.75, 3.05) is 17.2 Å². The van der Waals surface area contributed by atoms with E-state index < -0.39 is 6.10 Å². The molecule has 0 bridgehead atoms. The molecule has 4 rings (SSSR count). The van der Waals surface area contributed by atoms with Crippen LogP contribution in [-0.4, -0.2) is 29.3 Å². The van der Waals surface area contributed by atoms with Crippen LogP contribution in [0.2, 0.25) is 0 Å². The van der Waals surface area contributed by atoms with E-state index in [0.717, 1.165) is 5.39 Å². The number of ether oxygens (including phenoxy) is 1. The molecule has 1 aliphatic rings. The Labute approximate surface area is 155 Å². The summed E-state index contributed by atoms with van der Waals surface area (Å²) in [7, 11) is 0. The molecule has 2 aromatic heterocycles. The lowest BCUT2D eigenvalue weighted by molar-refractivity contribution is -0.128. The zero-order chi connectivity index (χ0) is 19.1. The molecule has 138 valence electrons. The van der Waals surface area contributed by atoms with Gasteiger partial charge in [0, 0.05) is 5.39 Å². The zero-order valence-electron chi connectivity index (χ0n) is 15.0. The van der Waals surface area contributed by atoms with Crippen molar-refractivity contribution < 1.29 is 18.7 Å². The van der Waals surface area contributed by atoms with E-state index in [1.165, 1.54) is 4.90 Å². The standard InChI is InChI=1S/C20H19N3O4/c1-11(2)18-20(25)23(19-15(27-18)7-8-17(21)22-19)10-13(24)16-9-12-5-3-4-6-14(12)26-16/h3-9,11,18H,10H2,1-2H3,(H2,21,22). The van der Waals surface area contributed by atoms with Gasteiger partial charge in [-0.05, 0) is 30.2 Å². The van der Waals surface area contributed by atoms with Crippen LogP contribution in [0.3, 0.4) is 0 Å². The van der Waals surface area contributed by atoms with Crippen LogP contribution in [0.1, 0.15) is 24.4 Å². The summed E-state index contributed by atoms with van der Waals surface area (Å²) >= 11 is 0. The van der Waals surface area contributed by atoms with E-state index in [1.807, 2.05) is 32.0 Å². The van der Waals surface area contributed by atoms with Gasteiger partial charge in [0.25, 0.3) is 5.91 Å². The molecule has 0 spiro atoms. The monoisotopic (exact) mass is 365 g/mol. The van der Waals surface area contributed by atoms with E-state index in [4.69, 9.17) is 14.9 Å². The summed E-state index contributed by atoms with van der Waals surface area (Å²) in [5.41, 5.74) is 6.39. The number of ketones is 1. The highest BCUT2D eigenvalue weighted by Gasteiger charge is 2.38. The first kappa shape index (κ1) is 17.1. The van der Waals surface area contributed by atoms with Gasteiger partial charge < -0.3 is 14.9 Å². The van der Waals surface area contributed by atoms with Crippen molar-refractivity contribution in [3.8, 4) is 5.75 Å². The second-order valence-corrected chi connectivity index (χ2v) is 6.84. The summed E-state index contributed by atoms with van der Waals surface area (Å²) in [6.45, 7) is 3.57. The molecule has 3 aromatic rings. The number of furan rings is 1. The van der Waals surface area contributed by atoms with Gasteiger partial charge in [0.15, 0.2) is 23.4 Å². The van der Waals surface area contributed by atoms with Crippen molar-refractivity contribution in [2.24, 2.45) is 5.92 Å². The molecule has 1 aliphatic heterocycles. The summed E-state index contributed by atoms with van der Waals surface area (Å²) in [5, 5.41) is 0.831. The Balaban J connectivity index is 1.69. The largest absolute Gasteiger partial charge is 0.476 e. The number of aromatic nitrogens is 1. The summed E-state index contributed by atoms with van der Waals surface area (Å²) in [4.78, 5) is 31.3. The number of nitrogens with zero attached hydrogens (tertiary/aromatic N) is 2. The predicted molar refractivity (Wildman–Crippen MR) is 101 cm³/mol. The Kier molecular flexibility index (Phi) is 4.07. The van der Waals surface area contributed by atoms with Crippen molar-refractivity contribution >= 4 is 34.3 Å². The molecule has 7 nitrogen and oxygen atoms in total. The first-order chi connectivity index (χ1) is 12.9. The number of carbonyl (C=O) groups excluding carboxylic acids is 2. The summed E-state index contributed by atoms with van der Waals surface area (Å²) in [5.74, 6) is 0.420. The van der Waals surface area contributed by atoms with Crippen LogP contribution in [0.5, 0.6) is 5.75 Å². The lowest BCUT2D eigenvalue weighted by Crippen LogP contribution is -2.50. The van der Waals surface area contributed by atoms with Gasteiger partial charge in [-0.2, -0.15) is 0 Å². The van der Waals surface area contributed by atoms with E-state index in [9.17, 15) is 9.59 Å². The highest BCUT2D eigenvalue weighted by Crippen LogP contribution is 2.35. The van der Waals surface area contributed by atoms with E-state index in [1.54, 1.807) is 24.3 Å². The number of amides is 1. The third kappa shape index (κ3) is 3.01. The van der Waals surface area contributed by atoms with Gasteiger partial charge >= 0.3 is 0 Å². The molecule has 0 fully saturated rings. The second kappa shape index (κ2) is 6.42. The van der Waals surface area contributed by atoms with Crippen LogP contribution in [0.15, 0.2) is 46.9 Å². The topological polar surface area (TPSA) is 98.7 Å². The van der Waals surface area contributed by atoms with Crippen molar-refractivity contribution in [1.82, 2.24) is 4.98 Å². The molecule has 27 heavy (non-hydrogen) atoms. The minimum atomic E-state index is -0.689. The number of carbonyl (C=O) groups is 2. The number of hydrogen-bond donors (Lipinski definition) is 1. The average Bonchev–Trinajstić information content (AvgIpc) is 3.08. The average molecular weight is 365 g/mol. The molecule has 0 radical (unpaired) electrons. The quantitative estimate of drug-likeness (QED) is 0.714. The zero-order valence-corrected chi connectivity index (χ0v) is 15.0. The van der Waals surface area contributed by atoms with Gasteiger partial charge in [-0.1, -0.05) is 32.0 Å². The molecule has 0 aliphatic carbocycles. The summed E-state index contributed by atoms with van der Waals surface area (Å²) in [6, 6.07) is 12.3. The molecule has 2 N–H and O–H groups in total. The number of para-hydroxylation sites is 1. The Morgan fingerprint density at radius 3 is 2.78 bits per heavy atom. The Morgan fingerprint density at radius 2 is 2.04 bits per heavy atom. The minimum absolute atomic E-state index is 0.0630. The van der Waals surface area contributed by atoms with Gasteiger partial charge in [0.05, 0.1) is 6.54 Å². The molecule has 1 atom stereocenters. The molecule has 1 amide bonds. The maximum Gasteiger partial charge on any atom is 0.270 e. The molecule has 0 saturated heterocycles. The van der Waals surface area contributed by atoms with Crippen LogP contribution >= 0.6 is 0 Å². The smallest absolute Gasteiger partial charge is 0.270 e. The molecule has 3 heterocycles. The maximum absolute atomic E-state index is 12.9. The van der Waals surface area contributed by atoms with Gasteiger partial charge in [0.1, 0.15) is 11.4 Å². The number of Topliss-reactive ketones (excluding diaryl/α,β-unsaturated/α-hetero) is 1. The first-order valence-electron chi connectivity index (χ1n) is 8.70. The normalized spacial score (nSPS) is 16.5. The fraction of sp³-hybridized carbons (Fsp3) is 0.250.